The highest BCUT2D eigenvalue weighted by Gasteiger charge is 2.03. The molecule has 0 saturated carbocycles. The monoisotopic (exact) mass is 261 g/mol. The van der Waals surface area contributed by atoms with Crippen molar-refractivity contribution in [2.24, 2.45) is 0 Å². The number of anilines is 1. The zero-order chi connectivity index (χ0) is 13.8. The molecule has 0 unspecified atom stereocenters. The lowest BCUT2D eigenvalue weighted by Crippen LogP contribution is -2.00. The molecule has 2 aromatic carbocycles. The molecule has 0 radical (unpaired) electrons. The van der Waals surface area contributed by atoms with Crippen molar-refractivity contribution in [1.82, 2.24) is 0 Å². The normalized spacial score (nSPS) is 10.3. The van der Waals surface area contributed by atoms with Gasteiger partial charge in [-0.1, -0.05) is 12.1 Å². The van der Waals surface area contributed by atoms with E-state index in [1.165, 1.54) is 13.2 Å². The average molecular weight is 261 g/mol. The van der Waals surface area contributed by atoms with Crippen LogP contribution in [0.2, 0.25) is 0 Å². The van der Waals surface area contributed by atoms with Gasteiger partial charge in [-0.05, 0) is 36.2 Å². The first-order valence-electron chi connectivity index (χ1n) is 5.96. The van der Waals surface area contributed by atoms with Crippen molar-refractivity contribution in [2.75, 3.05) is 12.4 Å². The minimum Gasteiger partial charge on any atom is -0.504 e. The van der Waals surface area contributed by atoms with Gasteiger partial charge in [-0.3, -0.25) is 0 Å². The Hall–Kier alpha value is -2.23. The highest BCUT2D eigenvalue weighted by atomic mass is 19.1. The van der Waals surface area contributed by atoms with E-state index in [0.717, 1.165) is 11.3 Å². The summed E-state index contributed by atoms with van der Waals surface area (Å²) in [7, 11) is 1.50. The Bertz CT molecular complexity index is 584. The minimum absolute atomic E-state index is 0.0718. The number of ether oxygens (including phenoxy) is 1. The lowest BCUT2D eigenvalue weighted by atomic mass is 10.1. The minimum atomic E-state index is -0.211. The summed E-state index contributed by atoms with van der Waals surface area (Å²) < 4.78 is 18.3. The number of rotatable bonds is 4. The lowest BCUT2D eigenvalue weighted by molar-refractivity contribution is 0.373. The van der Waals surface area contributed by atoms with E-state index in [2.05, 4.69) is 5.32 Å². The van der Waals surface area contributed by atoms with Crippen molar-refractivity contribution < 1.29 is 14.2 Å². The molecule has 0 fully saturated rings. The standard InChI is InChI=1S/C15H16FNO2/c1-10-3-4-11(7-13(10)16)9-17-12-5-6-15(19-2)14(18)8-12/h3-8,17-18H,9H2,1-2H3. The van der Waals surface area contributed by atoms with Crippen LogP contribution in [0.15, 0.2) is 36.4 Å². The summed E-state index contributed by atoms with van der Waals surface area (Å²) in [5.74, 6) is 0.284. The molecule has 0 aromatic heterocycles. The Kier molecular flexibility index (Phi) is 3.90. The fraction of sp³-hybridized carbons (Fsp3) is 0.200. The van der Waals surface area contributed by atoms with E-state index in [4.69, 9.17) is 4.74 Å². The van der Waals surface area contributed by atoms with E-state index in [0.29, 0.717) is 17.9 Å². The van der Waals surface area contributed by atoms with Crippen molar-refractivity contribution in [3.8, 4) is 11.5 Å². The number of benzene rings is 2. The summed E-state index contributed by atoms with van der Waals surface area (Å²) in [4.78, 5) is 0. The molecule has 100 valence electrons. The molecular formula is C15H16FNO2. The van der Waals surface area contributed by atoms with E-state index in [-0.39, 0.29) is 11.6 Å². The smallest absolute Gasteiger partial charge is 0.160 e. The Morgan fingerprint density at radius 1 is 1.21 bits per heavy atom. The SMILES string of the molecule is COc1ccc(NCc2ccc(C)c(F)c2)cc1O. The summed E-state index contributed by atoms with van der Waals surface area (Å²) in [6, 6.07) is 10.2. The summed E-state index contributed by atoms with van der Waals surface area (Å²) in [5, 5.41) is 12.8. The molecule has 0 amide bonds. The second kappa shape index (κ2) is 5.61. The topological polar surface area (TPSA) is 41.5 Å². The van der Waals surface area contributed by atoms with Gasteiger partial charge < -0.3 is 15.2 Å². The van der Waals surface area contributed by atoms with Gasteiger partial charge >= 0.3 is 0 Å². The third-order valence-corrected chi connectivity index (χ3v) is 2.91. The van der Waals surface area contributed by atoms with E-state index in [1.54, 1.807) is 31.2 Å². The number of aryl methyl sites for hydroxylation is 1. The van der Waals surface area contributed by atoms with Gasteiger partial charge in [-0.25, -0.2) is 4.39 Å². The number of phenolic OH excluding ortho intramolecular Hbond substituents is 1. The van der Waals surface area contributed by atoms with Crippen molar-refractivity contribution in [2.45, 2.75) is 13.5 Å². The lowest BCUT2D eigenvalue weighted by Gasteiger charge is -2.09. The first kappa shape index (κ1) is 13.2. The maximum Gasteiger partial charge on any atom is 0.160 e. The maximum absolute atomic E-state index is 13.4. The van der Waals surface area contributed by atoms with E-state index in [9.17, 15) is 9.50 Å². The number of halogens is 1. The number of phenols is 1. The van der Waals surface area contributed by atoms with Gasteiger partial charge in [-0.2, -0.15) is 0 Å². The molecule has 2 rings (SSSR count). The molecule has 4 heteroatoms. The molecule has 2 N–H and O–H groups in total. The first-order chi connectivity index (χ1) is 9.10. The number of hydrogen-bond acceptors (Lipinski definition) is 3. The van der Waals surface area contributed by atoms with Crippen LogP contribution in [0.1, 0.15) is 11.1 Å². The predicted octanol–water partition coefficient (Wildman–Crippen LogP) is 3.46. The summed E-state index contributed by atoms with van der Waals surface area (Å²) in [5.41, 5.74) is 2.23. The highest BCUT2D eigenvalue weighted by Crippen LogP contribution is 2.28. The average Bonchev–Trinajstić information content (AvgIpc) is 2.40. The zero-order valence-electron chi connectivity index (χ0n) is 10.9. The van der Waals surface area contributed by atoms with Crippen LogP contribution in [0.25, 0.3) is 0 Å². The van der Waals surface area contributed by atoms with Gasteiger partial charge in [0.25, 0.3) is 0 Å². The summed E-state index contributed by atoms with van der Waals surface area (Å²) in [6.45, 7) is 2.22. The third-order valence-electron chi connectivity index (χ3n) is 2.91. The van der Waals surface area contributed by atoms with Crippen LogP contribution >= 0.6 is 0 Å². The molecule has 19 heavy (non-hydrogen) atoms. The molecule has 0 aliphatic heterocycles. The third kappa shape index (κ3) is 3.16. The van der Waals surface area contributed by atoms with Gasteiger partial charge in [-0.15, -0.1) is 0 Å². The van der Waals surface area contributed by atoms with Gasteiger partial charge in [0.15, 0.2) is 11.5 Å². The molecule has 3 nitrogen and oxygen atoms in total. The van der Waals surface area contributed by atoms with Crippen LogP contribution in [0.4, 0.5) is 10.1 Å². The van der Waals surface area contributed by atoms with Crippen LogP contribution < -0.4 is 10.1 Å². The van der Waals surface area contributed by atoms with Gasteiger partial charge in [0.05, 0.1) is 7.11 Å². The van der Waals surface area contributed by atoms with E-state index >= 15 is 0 Å². The molecule has 0 bridgehead atoms. The number of aromatic hydroxyl groups is 1. The summed E-state index contributed by atoms with van der Waals surface area (Å²) >= 11 is 0. The first-order valence-corrected chi connectivity index (χ1v) is 5.96. The second-order valence-electron chi connectivity index (χ2n) is 4.32. The molecule has 0 spiro atoms. The molecule has 0 aliphatic carbocycles. The van der Waals surface area contributed by atoms with Crippen LogP contribution in [0.3, 0.4) is 0 Å². The second-order valence-corrected chi connectivity index (χ2v) is 4.32. The number of hydrogen-bond donors (Lipinski definition) is 2. The number of methoxy groups -OCH3 is 1. The highest BCUT2D eigenvalue weighted by molar-refractivity contribution is 5.54. The van der Waals surface area contributed by atoms with Crippen LogP contribution in [0, 0.1) is 12.7 Å². The van der Waals surface area contributed by atoms with Crippen LogP contribution in [0.5, 0.6) is 11.5 Å². The summed E-state index contributed by atoms with van der Waals surface area (Å²) in [6.07, 6.45) is 0. The van der Waals surface area contributed by atoms with Crippen molar-refractivity contribution in [1.29, 1.82) is 0 Å². The van der Waals surface area contributed by atoms with Gasteiger partial charge in [0.2, 0.25) is 0 Å². The fourth-order valence-corrected chi connectivity index (χ4v) is 1.75. The van der Waals surface area contributed by atoms with E-state index in [1.807, 2.05) is 6.07 Å². The molecule has 2 aromatic rings. The van der Waals surface area contributed by atoms with Crippen molar-refractivity contribution in [3.63, 3.8) is 0 Å². The Morgan fingerprint density at radius 3 is 2.63 bits per heavy atom. The molecule has 0 atom stereocenters. The quantitative estimate of drug-likeness (QED) is 0.885. The Labute approximate surface area is 111 Å². The van der Waals surface area contributed by atoms with Crippen molar-refractivity contribution >= 4 is 5.69 Å². The zero-order valence-corrected chi connectivity index (χ0v) is 10.9. The Morgan fingerprint density at radius 2 is 2.00 bits per heavy atom. The Balaban J connectivity index is 2.05. The molecule has 0 heterocycles. The van der Waals surface area contributed by atoms with E-state index < -0.39 is 0 Å². The van der Waals surface area contributed by atoms with Crippen molar-refractivity contribution in [3.05, 3.63) is 53.3 Å². The van der Waals surface area contributed by atoms with Gasteiger partial charge in [0.1, 0.15) is 5.82 Å². The number of nitrogens with one attached hydrogen (secondary N) is 1. The molecule has 0 saturated heterocycles. The molecule has 0 aliphatic rings. The predicted molar refractivity (Wildman–Crippen MR) is 73.1 cm³/mol. The molecular weight excluding hydrogens is 245 g/mol. The van der Waals surface area contributed by atoms with Gasteiger partial charge in [0, 0.05) is 18.3 Å². The maximum atomic E-state index is 13.4. The fourth-order valence-electron chi connectivity index (χ4n) is 1.75. The van der Waals surface area contributed by atoms with Crippen LogP contribution in [-0.4, -0.2) is 12.2 Å². The largest absolute Gasteiger partial charge is 0.504 e. The van der Waals surface area contributed by atoms with Crippen LogP contribution in [-0.2, 0) is 6.54 Å².